The highest BCUT2D eigenvalue weighted by molar-refractivity contribution is 7.90. The highest BCUT2D eigenvalue weighted by atomic mass is 32.2. The first-order valence-electron chi connectivity index (χ1n) is 11.3. The molecule has 2 aromatic rings. The molecule has 4 rings (SSSR count). The SMILES string of the molecule is CC(C)OC(=O)N1CCC(c2nc([C@H]3CCN(c4ccc(S(C)(=O)=O)cc4F)C3)co2)CC1. The van der Waals surface area contributed by atoms with E-state index in [-0.39, 0.29) is 28.9 Å². The lowest BCUT2D eigenvalue weighted by molar-refractivity contribution is 0.0680. The van der Waals surface area contributed by atoms with Crippen LogP contribution >= 0.6 is 0 Å². The molecule has 0 N–H and O–H groups in total. The van der Waals surface area contributed by atoms with Crippen LogP contribution in [-0.2, 0) is 14.6 Å². The number of hydrogen-bond donors (Lipinski definition) is 0. The fraction of sp³-hybridized carbons (Fsp3) is 0.565. The van der Waals surface area contributed by atoms with E-state index in [1.807, 2.05) is 18.7 Å². The lowest BCUT2D eigenvalue weighted by Crippen LogP contribution is -2.39. The third-order valence-electron chi connectivity index (χ3n) is 6.27. The zero-order valence-electron chi connectivity index (χ0n) is 19.2. The quantitative estimate of drug-likeness (QED) is 0.641. The summed E-state index contributed by atoms with van der Waals surface area (Å²) >= 11 is 0. The smallest absolute Gasteiger partial charge is 0.410 e. The number of oxazole rings is 1. The van der Waals surface area contributed by atoms with Crippen LogP contribution in [0.3, 0.4) is 0 Å². The monoisotopic (exact) mass is 479 g/mol. The Hall–Kier alpha value is -2.62. The summed E-state index contributed by atoms with van der Waals surface area (Å²) in [5, 5.41) is 0. The number of carbonyl (C=O) groups is 1. The van der Waals surface area contributed by atoms with E-state index in [2.05, 4.69) is 0 Å². The number of nitrogens with zero attached hydrogens (tertiary/aromatic N) is 3. The van der Waals surface area contributed by atoms with E-state index in [9.17, 15) is 17.6 Å². The summed E-state index contributed by atoms with van der Waals surface area (Å²) in [6.07, 6.45) is 4.67. The summed E-state index contributed by atoms with van der Waals surface area (Å²) in [7, 11) is -3.45. The van der Waals surface area contributed by atoms with Crippen LogP contribution in [0.15, 0.2) is 33.8 Å². The molecule has 10 heteroatoms. The predicted molar refractivity (Wildman–Crippen MR) is 121 cm³/mol. The Labute approximate surface area is 193 Å². The average Bonchev–Trinajstić information content (AvgIpc) is 3.42. The lowest BCUT2D eigenvalue weighted by Gasteiger charge is -2.30. The first-order valence-corrected chi connectivity index (χ1v) is 13.2. The standard InChI is InChI=1S/C23H30FN3O5S/c1-15(2)32-23(28)26-9-6-16(7-10-26)22-25-20(14-31-22)17-8-11-27(13-17)21-5-4-18(12-19(21)24)33(3,29)30/h4-5,12,14-17H,6-11,13H2,1-3H3/t17-/m0/s1. The second-order valence-electron chi connectivity index (χ2n) is 9.12. The number of aromatic nitrogens is 1. The normalized spacial score (nSPS) is 20.0. The first-order chi connectivity index (χ1) is 15.6. The van der Waals surface area contributed by atoms with Gasteiger partial charge >= 0.3 is 6.09 Å². The Morgan fingerprint density at radius 3 is 2.52 bits per heavy atom. The van der Waals surface area contributed by atoms with Gasteiger partial charge in [0, 0.05) is 44.3 Å². The summed E-state index contributed by atoms with van der Waals surface area (Å²) in [5.41, 5.74) is 1.25. The molecule has 0 radical (unpaired) electrons. The van der Waals surface area contributed by atoms with E-state index in [1.165, 1.54) is 12.1 Å². The Morgan fingerprint density at radius 2 is 1.88 bits per heavy atom. The highest BCUT2D eigenvalue weighted by Gasteiger charge is 2.31. The number of benzene rings is 1. The number of halogens is 1. The molecule has 2 aliphatic rings. The molecule has 33 heavy (non-hydrogen) atoms. The second-order valence-corrected chi connectivity index (χ2v) is 11.1. The molecule has 0 saturated carbocycles. The van der Waals surface area contributed by atoms with Gasteiger partial charge in [-0.1, -0.05) is 0 Å². The van der Waals surface area contributed by atoms with Crippen molar-refractivity contribution in [3.05, 3.63) is 41.9 Å². The fourth-order valence-corrected chi connectivity index (χ4v) is 5.09. The minimum absolute atomic E-state index is 0.0239. The zero-order valence-corrected chi connectivity index (χ0v) is 20.0. The van der Waals surface area contributed by atoms with Gasteiger partial charge in [-0.05, 0) is 51.3 Å². The molecule has 2 aliphatic heterocycles. The van der Waals surface area contributed by atoms with Gasteiger partial charge in [-0.2, -0.15) is 0 Å². The van der Waals surface area contributed by atoms with E-state index < -0.39 is 15.7 Å². The Balaban J connectivity index is 1.36. The molecule has 1 aromatic heterocycles. The molecule has 0 aliphatic carbocycles. The van der Waals surface area contributed by atoms with E-state index in [0.717, 1.165) is 37.3 Å². The first kappa shape index (κ1) is 23.5. The van der Waals surface area contributed by atoms with Gasteiger partial charge in [-0.15, -0.1) is 0 Å². The molecule has 0 bridgehead atoms. The van der Waals surface area contributed by atoms with Crippen LogP contribution in [0.1, 0.15) is 56.5 Å². The number of rotatable bonds is 5. The summed E-state index contributed by atoms with van der Waals surface area (Å²) in [4.78, 5) is 20.4. The molecule has 1 aromatic carbocycles. The molecule has 180 valence electrons. The van der Waals surface area contributed by atoms with Gasteiger partial charge in [-0.25, -0.2) is 22.6 Å². The van der Waals surface area contributed by atoms with Crippen molar-refractivity contribution >= 4 is 21.6 Å². The summed E-state index contributed by atoms with van der Waals surface area (Å²) in [6, 6.07) is 4.05. The van der Waals surface area contributed by atoms with Crippen LogP contribution in [0.25, 0.3) is 0 Å². The average molecular weight is 480 g/mol. The largest absolute Gasteiger partial charge is 0.448 e. The van der Waals surface area contributed by atoms with Crippen LogP contribution in [0.5, 0.6) is 0 Å². The van der Waals surface area contributed by atoms with E-state index >= 15 is 0 Å². The molecule has 1 amide bonds. The minimum atomic E-state index is -3.45. The van der Waals surface area contributed by atoms with Crippen LogP contribution in [0.2, 0.25) is 0 Å². The van der Waals surface area contributed by atoms with Crippen LogP contribution in [0.4, 0.5) is 14.9 Å². The van der Waals surface area contributed by atoms with Crippen molar-refractivity contribution in [2.45, 2.75) is 55.9 Å². The summed E-state index contributed by atoms with van der Waals surface area (Å²) in [6.45, 7) is 6.12. The zero-order chi connectivity index (χ0) is 23.8. The second kappa shape index (κ2) is 9.32. The predicted octanol–water partition coefficient (Wildman–Crippen LogP) is 3.94. The number of hydrogen-bond acceptors (Lipinski definition) is 7. The number of carbonyl (C=O) groups excluding carboxylic acids is 1. The van der Waals surface area contributed by atoms with Gasteiger partial charge in [0.15, 0.2) is 15.7 Å². The molecule has 3 heterocycles. The topological polar surface area (TPSA) is 93.0 Å². The van der Waals surface area contributed by atoms with Crippen molar-refractivity contribution < 1.29 is 26.8 Å². The lowest BCUT2D eigenvalue weighted by atomic mass is 9.97. The van der Waals surface area contributed by atoms with Crippen molar-refractivity contribution in [1.29, 1.82) is 0 Å². The van der Waals surface area contributed by atoms with Gasteiger partial charge in [-0.3, -0.25) is 0 Å². The molecular formula is C23H30FN3O5S. The van der Waals surface area contributed by atoms with Crippen LogP contribution in [0, 0.1) is 5.82 Å². The van der Waals surface area contributed by atoms with Crippen LogP contribution in [-0.4, -0.2) is 62.9 Å². The maximum Gasteiger partial charge on any atom is 0.410 e. The van der Waals surface area contributed by atoms with Crippen molar-refractivity contribution in [3.63, 3.8) is 0 Å². The third-order valence-corrected chi connectivity index (χ3v) is 7.38. The van der Waals surface area contributed by atoms with Crippen molar-refractivity contribution in [2.75, 3.05) is 37.3 Å². The number of amides is 1. The molecule has 1 atom stereocenters. The molecule has 0 unspecified atom stereocenters. The van der Waals surface area contributed by atoms with E-state index in [4.69, 9.17) is 14.1 Å². The van der Waals surface area contributed by atoms with E-state index in [0.29, 0.717) is 37.8 Å². The molecule has 2 fully saturated rings. The molecule has 8 nitrogen and oxygen atoms in total. The minimum Gasteiger partial charge on any atom is -0.448 e. The van der Waals surface area contributed by atoms with E-state index in [1.54, 1.807) is 11.2 Å². The maximum absolute atomic E-state index is 14.6. The van der Waals surface area contributed by atoms with Gasteiger partial charge in [0.25, 0.3) is 0 Å². The summed E-state index contributed by atoms with van der Waals surface area (Å²) in [5.74, 6) is 0.407. The fourth-order valence-electron chi connectivity index (χ4n) is 4.46. The number of anilines is 1. The number of likely N-dealkylation sites (tertiary alicyclic amines) is 1. The van der Waals surface area contributed by atoms with Gasteiger partial charge in [0.1, 0.15) is 12.1 Å². The number of sulfone groups is 1. The van der Waals surface area contributed by atoms with Gasteiger partial charge < -0.3 is 19.0 Å². The Kier molecular flexibility index (Phi) is 6.65. The van der Waals surface area contributed by atoms with Gasteiger partial charge in [0.05, 0.1) is 22.4 Å². The van der Waals surface area contributed by atoms with Crippen molar-refractivity contribution in [2.24, 2.45) is 0 Å². The van der Waals surface area contributed by atoms with Crippen molar-refractivity contribution in [3.8, 4) is 0 Å². The molecular weight excluding hydrogens is 449 g/mol. The van der Waals surface area contributed by atoms with Crippen molar-refractivity contribution in [1.82, 2.24) is 9.88 Å². The molecule has 2 saturated heterocycles. The van der Waals surface area contributed by atoms with Gasteiger partial charge in [0.2, 0.25) is 0 Å². The molecule has 0 spiro atoms. The summed E-state index contributed by atoms with van der Waals surface area (Å²) < 4.78 is 49.0. The maximum atomic E-state index is 14.6. The van der Waals surface area contributed by atoms with Crippen LogP contribution < -0.4 is 4.90 Å². The Bertz CT molecular complexity index is 1110. The third kappa shape index (κ3) is 5.31. The Morgan fingerprint density at radius 1 is 1.18 bits per heavy atom. The number of piperidine rings is 1. The number of ether oxygens (including phenoxy) is 1. The highest BCUT2D eigenvalue weighted by Crippen LogP contribution is 2.34.